The molecule has 0 saturated heterocycles. The van der Waals surface area contributed by atoms with Gasteiger partial charge in [0.25, 0.3) is 0 Å². The molecule has 214 valence electrons. The number of rotatable bonds is 7. The van der Waals surface area contributed by atoms with Gasteiger partial charge in [-0.05, 0) is 61.0 Å². The lowest BCUT2D eigenvalue weighted by molar-refractivity contribution is 0.386. The lowest BCUT2D eigenvalue weighted by Gasteiger charge is -2.15. The summed E-state index contributed by atoms with van der Waals surface area (Å²) in [5.41, 5.74) is 9.55. The number of sulfone groups is 1. The Labute approximate surface area is 245 Å². The van der Waals surface area contributed by atoms with Gasteiger partial charge in [-0.25, -0.2) is 32.1 Å². The zero-order valence-corrected chi connectivity index (χ0v) is 24.4. The molecule has 1 unspecified atom stereocenters. The van der Waals surface area contributed by atoms with Gasteiger partial charge in [0.1, 0.15) is 17.8 Å². The zero-order chi connectivity index (χ0) is 29.8. The summed E-state index contributed by atoms with van der Waals surface area (Å²) in [7, 11) is -2.06. The number of hydrogen-bond acceptors (Lipinski definition) is 8. The van der Waals surface area contributed by atoms with Crippen molar-refractivity contribution in [2.75, 3.05) is 19.1 Å². The van der Waals surface area contributed by atoms with E-state index in [4.69, 9.17) is 32.3 Å². The molecule has 3 aromatic carbocycles. The number of benzene rings is 3. The van der Waals surface area contributed by atoms with Crippen LogP contribution in [0.1, 0.15) is 25.1 Å². The summed E-state index contributed by atoms with van der Waals surface area (Å²) < 4.78 is 47.8. The molecule has 0 saturated carbocycles. The van der Waals surface area contributed by atoms with Gasteiger partial charge in [0.15, 0.2) is 27.1 Å². The number of fused-ring (bicyclic) bond motifs is 2. The minimum atomic E-state index is -3.45. The van der Waals surface area contributed by atoms with Crippen LogP contribution >= 0.6 is 11.6 Å². The first kappa shape index (κ1) is 27.6. The average Bonchev–Trinajstić information content (AvgIpc) is 3.53. The Morgan fingerprint density at radius 2 is 1.88 bits per heavy atom. The summed E-state index contributed by atoms with van der Waals surface area (Å²) in [6, 6.07) is 16.1. The van der Waals surface area contributed by atoms with E-state index in [1.54, 1.807) is 45.8 Å². The van der Waals surface area contributed by atoms with Gasteiger partial charge in [-0.1, -0.05) is 24.6 Å². The van der Waals surface area contributed by atoms with E-state index in [1.807, 2.05) is 13.0 Å². The van der Waals surface area contributed by atoms with Crippen molar-refractivity contribution in [3.63, 3.8) is 0 Å². The van der Waals surface area contributed by atoms with Crippen molar-refractivity contribution in [3.05, 3.63) is 83.5 Å². The molecule has 0 aliphatic rings. The summed E-state index contributed by atoms with van der Waals surface area (Å²) in [5, 5.41) is 11.6. The van der Waals surface area contributed by atoms with Gasteiger partial charge in [0.05, 0.1) is 40.3 Å². The lowest BCUT2D eigenvalue weighted by Crippen LogP contribution is -2.14. The van der Waals surface area contributed by atoms with Gasteiger partial charge >= 0.3 is 0 Å². The van der Waals surface area contributed by atoms with Crippen molar-refractivity contribution in [2.45, 2.75) is 24.3 Å². The maximum atomic E-state index is 14.7. The van der Waals surface area contributed by atoms with Crippen molar-refractivity contribution in [2.24, 2.45) is 0 Å². The predicted octanol–water partition coefficient (Wildman–Crippen LogP) is 5.62. The Hall–Kier alpha value is -4.55. The van der Waals surface area contributed by atoms with E-state index in [0.717, 1.165) is 11.6 Å². The van der Waals surface area contributed by atoms with Gasteiger partial charge in [-0.3, -0.25) is 0 Å². The molecule has 0 spiro atoms. The summed E-state index contributed by atoms with van der Waals surface area (Å²) in [6.45, 7) is 1.99. The average molecular weight is 606 g/mol. The quantitative estimate of drug-likeness (QED) is 0.248. The molecular formula is C29H25ClFN7O3S. The second-order valence-corrected chi connectivity index (χ2v) is 12.2. The second kappa shape index (κ2) is 10.4. The van der Waals surface area contributed by atoms with Crippen LogP contribution in [0.3, 0.4) is 0 Å². The molecule has 6 rings (SSSR count). The van der Waals surface area contributed by atoms with Crippen molar-refractivity contribution >= 4 is 49.2 Å². The van der Waals surface area contributed by atoms with E-state index < -0.39 is 21.7 Å². The fourth-order valence-corrected chi connectivity index (χ4v) is 5.94. The van der Waals surface area contributed by atoms with Crippen LogP contribution in [0.25, 0.3) is 38.9 Å². The summed E-state index contributed by atoms with van der Waals surface area (Å²) in [5.74, 6) is -0.237. The predicted molar refractivity (Wildman–Crippen MR) is 159 cm³/mol. The molecule has 2 N–H and O–H groups in total. The molecule has 3 aromatic heterocycles. The number of nitrogens with zero attached hydrogens (tertiary/aromatic N) is 6. The van der Waals surface area contributed by atoms with Crippen molar-refractivity contribution < 1.29 is 17.5 Å². The number of ether oxygens (including phenoxy) is 1. The third kappa shape index (κ3) is 4.62. The van der Waals surface area contributed by atoms with Gasteiger partial charge in [-0.2, -0.15) is 10.2 Å². The number of nitrogens with two attached hydrogens (primary N) is 1. The van der Waals surface area contributed by atoms with Crippen LogP contribution in [0.15, 0.2) is 71.9 Å². The molecule has 0 aliphatic carbocycles. The molecule has 10 nitrogen and oxygen atoms in total. The summed E-state index contributed by atoms with van der Waals surface area (Å²) in [4.78, 5) is 8.84. The molecule has 0 bridgehead atoms. The SMILES string of the molecule is CCC(c1nn(-c2cccc(S(C)(=O)=O)c2)c2cc(Cl)ccc12)n1nc(-c2ccc(OC)c(F)c2)c2c(N)ncnc21. The molecule has 0 aliphatic heterocycles. The third-order valence-electron chi connectivity index (χ3n) is 7.10. The smallest absolute Gasteiger partial charge is 0.175 e. The standard InChI is InChI=1S/C29H25ClFN7O3S/c1-4-22(38-29-25(28(32)33-15-34-29)26(35-38)16-8-11-24(41-2)21(31)12-16)27-20-10-9-17(30)13-23(20)37(36-27)18-6-5-7-19(14-18)42(3,39)40/h5-15,22H,4H2,1-3H3,(H2,32,33,34). The third-order valence-corrected chi connectivity index (χ3v) is 8.45. The Balaban J connectivity index is 1.59. The second-order valence-electron chi connectivity index (χ2n) is 9.75. The first-order valence-electron chi connectivity index (χ1n) is 12.9. The highest BCUT2D eigenvalue weighted by Crippen LogP contribution is 2.37. The highest BCUT2D eigenvalue weighted by Gasteiger charge is 2.27. The number of halogens is 2. The van der Waals surface area contributed by atoms with Crippen LogP contribution in [-0.2, 0) is 9.84 Å². The minimum absolute atomic E-state index is 0.105. The highest BCUT2D eigenvalue weighted by molar-refractivity contribution is 7.90. The van der Waals surface area contributed by atoms with Crippen molar-refractivity contribution in [3.8, 4) is 22.7 Å². The molecule has 1 atom stereocenters. The summed E-state index contributed by atoms with van der Waals surface area (Å²) >= 11 is 6.40. The van der Waals surface area contributed by atoms with Crippen molar-refractivity contribution in [1.82, 2.24) is 29.5 Å². The number of methoxy groups -OCH3 is 1. The van der Waals surface area contributed by atoms with Crippen LogP contribution < -0.4 is 10.5 Å². The maximum Gasteiger partial charge on any atom is 0.175 e. The number of anilines is 1. The first-order chi connectivity index (χ1) is 20.1. The van der Waals surface area contributed by atoms with E-state index in [2.05, 4.69) is 9.97 Å². The topological polar surface area (TPSA) is 131 Å². The monoisotopic (exact) mass is 605 g/mol. The normalized spacial score (nSPS) is 12.7. The maximum absolute atomic E-state index is 14.7. The molecule has 0 fully saturated rings. The molecular weight excluding hydrogens is 581 g/mol. The van der Waals surface area contributed by atoms with Crippen LogP contribution in [0, 0.1) is 5.82 Å². The number of aromatic nitrogens is 6. The van der Waals surface area contributed by atoms with E-state index >= 15 is 0 Å². The van der Waals surface area contributed by atoms with Gasteiger partial charge in [0.2, 0.25) is 0 Å². The van der Waals surface area contributed by atoms with Crippen LogP contribution in [0.5, 0.6) is 5.75 Å². The van der Waals surface area contributed by atoms with Crippen LogP contribution in [0.2, 0.25) is 5.02 Å². The molecule has 6 aromatic rings. The Kier molecular flexibility index (Phi) is 6.82. The van der Waals surface area contributed by atoms with E-state index in [0.29, 0.717) is 50.6 Å². The Morgan fingerprint density at radius 1 is 1.07 bits per heavy atom. The van der Waals surface area contributed by atoms with E-state index in [9.17, 15) is 12.8 Å². The minimum Gasteiger partial charge on any atom is -0.494 e. The molecule has 3 heterocycles. The molecule has 42 heavy (non-hydrogen) atoms. The Morgan fingerprint density at radius 3 is 2.60 bits per heavy atom. The fourth-order valence-electron chi connectivity index (χ4n) is 5.11. The molecule has 0 radical (unpaired) electrons. The van der Waals surface area contributed by atoms with Gasteiger partial charge in [-0.15, -0.1) is 0 Å². The molecule has 13 heteroatoms. The van der Waals surface area contributed by atoms with Crippen molar-refractivity contribution in [1.29, 1.82) is 0 Å². The van der Waals surface area contributed by atoms with E-state index in [-0.39, 0.29) is 16.5 Å². The summed E-state index contributed by atoms with van der Waals surface area (Å²) in [6.07, 6.45) is 3.06. The molecule has 0 amide bonds. The number of hydrogen-bond donors (Lipinski definition) is 1. The Bertz CT molecular complexity index is 2110. The van der Waals surface area contributed by atoms with E-state index in [1.165, 1.54) is 31.6 Å². The highest BCUT2D eigenvalue weighted by atomic mass is 35.5. The fraction of sp³-hybridized carbons (Fsp3) is 0.172. The number of nitrogen functional groups attached to an aromatic ring is 1. The van der Waals surface area contributed by atoms with Crippen LogP contribution in [0.4, 0.5) is 10.2 Å². The zero-order valence-electron chi connectivity index (χ0n) is 22.8. The lowest BCUT2D eigenvalue weighted by atomic mass is 10.1. The van der Waals surface area contributed by atoms with Gasteiger partial charge in [0, 0.05) is 22.2 Å². The first-order valence-corrected chi connectivity index (χ1v) is 15.2. The largest absolute Gasteiger partial charge is 0.494 e. The van der Waals surface area contributed by atoms with Gasteiger partial charge < -0.3 is 10.5 Å². The van der Waals surface area contributed by atoms with Crippen LogP contribution in [-0.4, -0.2) is 51.3 Å².